The van der Waals surface area contributed by atoms with Crippen LogP contribution in [-0.4, -0.2) is 38.5 Å². The first kappa shape index (κ1) is 22.2. The average Bonchev–Trinajstić information content (AvgIpc) is 2.69. The number of hydrogen-bond donors (Lipinski definition) is 2. The Morgan fingerprint density at radius 3 is 2.66 bits per heavy atom. The minimum absolute atomic E-state index is 0.247. The number of aryl methyl sites for hydroxylation is 1. The van der Waals surface area contributed by atoms with Gasteiger partial charge in [-0.05, 0) is 59.1 Å². The summed E-state index contributed by atoms with van der Waals surface area (Å²) in [5.74, 6) is 0.296. The van der Waals surface area contributed by atoms with E-state index in [9.17, 15) is 9.59 Å². The molecule has 9 heteroatoms. The molecule has 29 heavy (non-hydrogen) atoms. The summed E-state index contributed by atoms with van der Waals surface area (Å²) >= 11 is 3.39. The fourth-order valence-electron chi connectivity index (χ4n) is 2.28. The van der Waals surface area contributed by atoms with Crippen molar-refractivity contribution in [2.75, 3.05) is 25.6 Å². The van der Waals surface area contributed by atoms with Gasteiger partial charge in [-0.2, -0.15) is 5.10 Å². The number of hydrazone groups is 1. The Bertz CT molecular complexity index is 902. The molecule has 0 aliphatic heterocycles. The van der Waals surface area contributed by atoms with Gasteiger partial charge in [0.25, 0.3) is 0 Å². The van der Waals surface area contributed by atoms with Crippen LogP contribution < -0.4 is 20.2 Å². The smallest absolute Gasteiger partial charge is 0.343 e. The van der Waals surface area contributed by atoms with Gasteiger partial charge in [-0.25, -0.2) is 15.0 Å². The number of methoxy groups -OCH3 is 1. The predicted molar refractivity (Wildman–Crippen MR) is 114 cm³/mol. The van der Waals surface area contributed by atoms with Crippen LogP contribution in [0.5, 0.6) is 11.5 Å². The molecule has 2 aromatic rings. The third kappa shape index (κ3) is 6.79. The van der Waals surface area contributed by atoms with Crippen molar-refractivity contribution in [1.82, 2.24) is 5.43 Å². The van der Waals surface area contributed by atoms with Crippen molar-refractivity contribution in [3.8, 4) is 11.5 Å². The Morgan fingerprint density at radius 2 is 1.97 bits per heavy atom. The van der Waals surface area contributed by atoms with E-state index in [0.29, 0.717) is 33.8 Å². The van der Waals surface area contributed by atoms with E-state index in [4.69, 9.17) is 9.47 Å². The van der Waals surface area contributed by atoms with Gasteiger partial charge in [-0.1, -0.05) is 18.2 Å². The van der Waals surface area contributed by atoms with E-state index in [1.807, 2.05) is 32.0 Å². The van der Waals surface area contributed by atoms with Gasteiger partial charge < -0.3 is 19.5 Å². The first-order chi connectivity index (χ1) is 13.9. The molecule has 2 N–H and O–H groups in total. The number of carbonyl (C=O) groups is 2. The van der Waals surface area contributed by atoms with Crippen LogP contribution in [0.4, 0.5) is 10.5 Å². The molecular formula is C20H22BrN3O5. The minimum atomic E-state index is -0.506. The number of carbonyl (C=O) groups excluding carboxylic acids is 2. The quantitative estimate of drug-likeness (QED) is 0.351. The van der Waals surface area contributed by atoms with Crippen molar-refractivity contribution < 1.29 is 23.8 Å². The number of anilines is 1. The highest BCUT2D eigenvalue weighted by Crippen LogP contribution is 2.36. The van der Waals surface area contributed by atoms with Gasteiger partial charge >= 0.3 is 12.0 Å². The Kier molecular flexibility index (Phi) is 8.47. The average molecular weight is 464 g/mol. The van der Waals surface area contributed by atoms with E-state index in [0.717, 1.165) is 5.56 Å². The summed E-state index contributed by atoms with van der Waals surface area (Å²) in [6.45, 7) is 3.88. The summed E-state index contributed by atoms with van der Waals surface area (Å²) < 4.78 is 16.2. The summed E-state index contributed by atoms with van der Waals surface area (Å²) in [6.07, 6.45) is 1.47. The monoisotopic (exact) mass is 463 g/mol. The van der Waals surface area contributed by atoms with E-state index < -0.39 is 12.0 Å². The number of amides is 2. The summed E-state index contributed by atoms with van der Waals surface area (Å²) in [5.41, 5.74) is 4.71. The van der Waals surface area contributed by atoms with Crippen molar-refractivity contribution in [2.45, 2.75) is 13.8 Å². The lowest BCUT2D eigenvalue weighted by molar-refractivity contribution is -0.142. The summed E-state index contributed by atoms with van der Waals surface area (Å²) in [4.78, 5) is 23.3. The maximum atomic E-state index is 12.0. The molecule has 0 bridgehead atoms. The molecule has 0 saturated carbocycles. The van der Waals surface area contributed by atoms with Crippen LogP contribution in [0.1, 0.15) is 18.1 Å². The number of nitrogens with zero attached hydrogens (tertiary/aromatic N) is 1. The van der Waals surface area contributed by atoms with Crippen LogP contribution in [-0.2, 0) is 9.53 Å². The number of rotatable bonds is 8. The molecule has 0 atom stereocenters. The molecule has 0 aromatic heterocycles. The molecule has 0 saturated heterocycles. The van der Waals surface area contributed by atoms with Crippen molar-refractivity contribution >= 4 is 39.8 Å². The van der Waals surface area contributed by atoms with Crippen LogP contribution in [0.15, 0.2) is 46.0 Å². The maximum absolute atomic E-state index is 12.0. The van der Waals surface area contributed by atoms with Crippen LogP contribution in [0.25, 0.3) is 0 Å². The number of halogens is 1. The summed E-state index contributed by atoms with van der Waals surface area (Å²) in [6, 6.07) is 10.4. The van der Waals surface area contributed by atoms with E-state index >= 15 is 0 Å². The second-order valence-electron chi connectivity index (χ2n) is 5.77. The fraction of sp³-hybridized carbons (Fsp3) is 0.250. The number of ether oxygens (including phenoxy) is 3. The highest BCUT2D eigenvalue weighted by atomic mass is 79.9. The lowest BCUT2D eigenvalue weighted by Crippen LogP contribution is -2.24. The highest BCUT2D eigenvalue weighted by molar-refractivity contribution is 9.10. The van der Waals surface area contributed by atoms with Gasteiger partial charge in [-0.3, -0.25) is 0 Å². The zero-order valence-corrected chi connectivity index (χ0v) is 17.9. The number of urea groups is 1. The number of esters is 1. The number of para-hydroxylation sites is 1. The number of nitrogens with one attached hydrogen (secondary N) is 2. The fourth-order valence-corrected chi connectivity index (χ4v) is 2.86. The molecule has 0 radical (unpaired) electrons. The lowest BCUT2D eigenvalue weighted by atomic mass is 10.2. The lowest BCUT2D eigenvalue weighted by Gasteiger charge is -2.14. The molecule has 0 fully saturated rings. The molecule has 0 unspecified atom stereocenters. The minimum Gasteiger partial charge on any atom is -0.490 e. The van der Waals surface area contributed by atoms with Crippen molar-refractivity contribution in [3.63, 3.8) is 0 Å². The van der Waals surface area contributed by atoms with Gasteiger partial charge in [0.2, 0.25) is 0 Å². The highest BCUT2D eigenvalue weighted by Gasteiger charge is 2.14. The van der Waals surface area contributed by atoms with E-state index in [-0.39, 0.29) is 6.61 Å². The summed E-state index contributed by atoms with van der Waals surface area (Å²) in [7, 11) is 1.28. The van der Waals surface area contributed by atoms with Gasteiger partial charge in [0, 0.05) is 5.69 Å². The molecular weight excluding hydrogens is 442 g/mol. The Labute approximate surface area is 177 Å². The van der Waals surface area contributed by atoms with Gasteiger partial charge in [0.15, 0.2) is 18.1 Å². The second-order valence-corrected chi connectivity index (χ2v) is 6.62. The molecule has 154 valence electrons. The normalized spacial score (nSPS) is 10.5. The van der Waals surface area contributed by atoms with E-state index in [1.165, 1.54) is 13.3 Å². The van der Waals surface area contributed by atoms with Gasteiger partial charge in [0.1, 0.15) is 0 Å². The summed E-state index contributed by atoms with van der Waals surface area (Å²) in [5, 5.41) is 6.67. The van der Waals surface area contributed by atoms with E-state index in [1.54, 1.807) is 18.2 Å². The van der Waals surface area contributed by atoms with Crippen molar-refractivity contribution in [2.24, 2.45) is 5.10 Å². The largest absolute Gasteiger partial charge is 0.490 e. The predicted octanol–water partition coefficient (Wildman–Crippen LogP) is 3.86. The first-order valence-electron chi connectivity index (χ1n) is 8.76. The Balaban J connectivity index is 2.06. The molecule has 0 spiro atoms. The van der Waals surface area contributed by atoms with Gasteiger partial charge in [0.05, 0.1) is 24.4 Å². The maximum Gasteiger partial charge on any atom is 0.343 e. The molecule has 2 amide bonds. The van der Waals surface area contributed by atoms with Crippen LogP contribution >= 0.6 is 15.9 Å². The molecule has 0 heterocycles. The molecule has 8 nitrogen and oxygen atoms in total. The number of benzene rings is 2. The zero-order valence-electron chi connectivity index (χ0n) is 16.3. The Hall–Kier alpha value is -3.07. The molecule has 0 aliphatic carbocycles. The van der Waals surface area contributed by atoms with Gasteiger partial charge in [-0.15, -0.1) is 0 Å². The van der Waals surface area contributed by atoms with Crippen LogP contribution in [0.2, 0.25) is 0 Å². The van der Waals surface area contributed by atoms with Crippen LogP contribution in [0, 0.1) is 6.92 Å². The molecule has 2 rings (SSSR count). The standard InChI is InChI=1S/C20H22BrN3O5/c1-4-28-17-10-14(9-15(21)19(17)29-12-18(25)27-3)11-22-24-20(26)23-16-8-6-5-7-13(16)2/h5-11H,4,12H2,1-3H3,(H2,23,24,26). The third-order valence-corrected chi connectivity index (χ3v) is 4.26. The van der Waals surface area contributed by atoms with E-state index in [2.05, 4.69) is 36.5 Å². The van der Waals surface area contributed by atoms with Crippen molar-refractivity contribution in [1.29, 1.82) is 0 Å². The van der Waals surface area contributed by atoms with Crippen molar-refractivity contribution in [3.05, 3.63) is 52.0 Å². The first-order valence-corrected chi connectivity index (χ1v) is 9.55. The molecule has 2 aromatic carbocycles. The Morgan fingerprint density at radius 1 is 1.21 bits per heavy atom. The van der Waals surface area contributed by atoms with Crippen LogP contribution in [0.3, 0.4) is 0 Å². The zero-order chi connectivity index (χ0) is 21.2. The second kappa shape index (κ2) is 11.1. The topological polar surface area (TPSA) is 98.3 Å². The SMILES string of the molecule is CCOc1cc(C=NNC(=O)Nc2ccccc2C)cc(Br)c1OCC(=O)OC. The molecule has 0 aliphatic rings. The number of hydrogen-bond acceptors (Lipinski definition) is 6. The third-order valence-electron chi connectivity index (χ3n) is 3.67.